The van der Waals surface area contributed by atoms with E-state index in [4.69, 9.17) is 120 Å². The predicted octanol–water partition coefficient (Wildman–Crippen LogP) is 10.9. The molecule has 0 unspecified atom stereocenters. The fourth-order valence-corrected chi connectivity index (χ4v) is 8.85. The first-order valence-electron chi connectivity index (χ1n) is 21.9. The standard InChI is InChI=1S/2C24H17Cl3FN5O4S.H2O4S/c2*25-16-7-3-13(9-17(16)26)21-19(32-24(30)33-22(21)29)11-37-20-8-4-14(10-18(20)27)31-23(34)12-1-5-15(6-2-12)38(28,35)36;1-5(2,3)4/h2*1-10H,11H2,(H,31,34)(H4,29,30,32,33);(H2,1,2,3,4). The molecule has 0 aliphatic carbocycles. The molecule has 424 valence electrons. The van der Waals surface area contributed by atoms with Crippen molar-refractivity contribution in [2.75, 3.05) is 33.6 Å². The third-order valence-corrected chi connectivity index (χ3v) is 14.1. The van der Waals surface area contributed by atoms with Gasteiger partial charge in [0, 0.05) is 33.6 Å². The van der Waals surface area contributed by atoms with Crippen LogP contribution < -0.4 is 43.0 Å². The van der Waals surface area contributed by atoms with Crippen LogP contribution in [0.3, 0.4) is 0 Å². The van der Waals surface area contributed by atoms with Crippen molar-refractivity contribution in [1.82, 2.24) is 19.9 Å². The van der Waals surface area contributed by atoms with Crippen LogP contribution in [-0.2, 0) is 44.1 Å². The number of carbonyl (C=O) groups excluding carboxylic acids is 2. The number of ether oxygens (including phenoxy) is 2. The topological polar surface area (TPSA) is 375 Å². The quantitative estimate of drug-likeness (QED) is 0.0370. The van der Waals surface area contributed by atoms with Gasteiger partial charge in [0.1, 0.15) is 36.3 Å². The minimum Gasteiger partial charge on any atom is -0.486 e. The van der Waals surface area contributed by atoms with Crippen LogP contribution in [0.2, 0.25) is 30.1 Å². The Bertz CT molecular complexity index is 3820. The van der Waals surface area contributed by atoms with Gasteiger partial charge in [0.25, 0.3) is 11.8 Å². The van der Waals surface area contributed by atoms with Crippen molar-refractivity contribution in [1.29, 1.82) is 0 Å². The number of nitrogen functional groups attached to an aromatic ring is 4. The highest BCUT2D eigenvalue weighted by molar-refractivity contribution is 7.86. The molecule has 0 fully saturated rings. The molecule has 0 radical (unpaired) electrons. The lowest BCUT2D eigenvalue weighted by atomic mass is 10.0. The summed E-state index contributed by atoms with van der Waals surface area (Å²) in [7, 11) is -14.4. The first-order chi connectivity index (χ1) is 37.8. The summed E-state index contributed by atoms with van der Waals surface area (Å²) in [4.78, 5) is 40.4. The van der Waals surface area contributed by atoms with Gasteiger partial charge in [-0.25, -0.2) is 9.97 Å². The second kappa shape index (κ2) is 26.5. The molecule has 0 aliphatic heterocycles. The number of benzene rings is 6. The second-order valence-corrected chi connectivity index (χ2v) is 22.0. The zero-order valence-corrected chi connectivity index (χ0v) is 47.3. The molecule has 81 heavy (non-hydrogen) atoms. The van der Waals surface area contributed by atoms with Gasteiger partial charge in [-0.15, -0.1) is 7.77 Å². The SMILES string of the molecule is Nc1nc(N)c(-c2ccc(Cl)c(Cl)c2)c(COc2ccc(NC(=O)c3ccc(S(=O)(=O)F)cc3)cc2Cl)n1.Nc1nc(N)c(-c2ccc(Cl)c(Cl)c2)c(COc2ccc(NC(=O)c3ccc(S(=O)(=O)F)cc3)cc2Cl)n1.O=S(=O)(O)O. The van der Waals surface area contributed by atoms with Crippen molar-refractivity contribution in [2.24, 2.45) is 0 Å². The number of hydrogen-bond donors (Lipinski definition) is 8. The van der Waals surface area contributed by atoms with E-state index in [-0.39, 0.29) is 69.4 Å². The highest BCUT2D eigenvalue weighted by atomic mass is 35.5. The Morgan fingerprint density at radius 2 is 0.802 bits per heavy atom. The van der Waals surface area contributed by atoms with Crippen LogP contribution in [0.4, 0.5) is 42.7 Å². The molecule has 2 heterocycles. The summed E-state index contributed by atoms with van der Waals surface area (Å²) in [6, 6.07) is 27.7. The third-order valence-electron chi connectivity index (χ3n) is 10.4. The molecule has 0 saturated carbocycles. The van der Waals surface area contributed by atoms with Crippen LogP contribution in [0.15, 0.2) is 131 Å². The molecule has 0 saturated heterocycles. The minimum absolute atomic E-state index is 0.0498. The summed E-state index contributed by atoms with van der Waals surface area (Å²) in [5, 5.41) is 6.94. The van der Waals surface area contributed by atoms with Gasteiger partial charge in [0.2, 0.25) is 11.9 Å². The number of aromatic nitrogens is 4. The summed E-state index contributed by atoms with van der Waals surface area (Å²) in [6.45, 7) is -0.163. The Balaban J connectivity index is 0.000000241. The van der Waals surface area contributed by atoms with E-state index in [1.807, 2.05) is 0 Å². The lowest BCUT2D eigenvalue weighted by molar-refractivity contribution is 0.101. The largest absolute Gasteiger partial charge is 0.486 e. The normalized spacial score (nSPS) is 11.3. The number of rotatable bonds is 14. The van der Waals surface area contributed by atoms with Crippen molar-refractivity contribution in [3.8, 4) is 33.8 Å². The van der Waals surface area contributed by atoms with E-state index < -0.39 is 52.5 Å². The number of anilines is 6. The van der Waals surface area contributed by atoms with Gasteiger partial charge >= 0.3 is 30.8 Å². The predicted molar refractivity (Wildman–Crippen MR) is 304 cm³/mol. The van der Waals surface area contributed by atoms with Gasteiger partial charge in [-0.1, -0.05) is 81.7 Å². The van der Waals surface area contributed by atoms with Gasteiger partial charge in [0.05, 0.1) is 51.3 Å². The summed E-state index contributed by atoms with van der Waals surface area (Å²) >= 11 is 37.0. The lowest BCUT2D eigenvalue weighted by Crippen LogP contribution is -2.12. The van der Waals surface area contributed by atoms with Crippen molar-refractivity contribution in [2.45, 2.75) is 23.0 Å². The molecule has 8 aromatic rings. The number of halogens is 8. The molecular formula is C48H36Cl6F2N10O12S3. The molecule has 22 nitrogen and oxygen atoms in total. The van der Waals surface area contributed by atoms with E-state index in [0.717, 1.165) is 24.3 Å². The fraction of sp³-hybridized carbons (Fsp3) is 0.0417. The Morgan fingerprint density at radius 1 is 0.469 bits per heavy atom. The zero-order valence-electron chi connectivity index (χ0n) is 40.3. The molecule has 0 atom stereocenters. The van der Waals surface area contributed by atoms with E-state index >= 15 is 0 Å². The number of carbonyl (C=O) groups is 2. The minimum atomic E-state index is -4.86. The average Bonchev–Trinajstić information content (AvgIpc) is 3.43. The summed E-state index contributed by atoms with van der Waals surface area (Å²) < 4.78 is 113. The Kier molecular flexibility index (Phi) is 20.5. The van der Waals surface area contributed by atoms with Crippen LogP contribution in [0.5, 0.6) is 11.5 Å². The van der Waals surface area contributed by atoms with Gasteiger partial charge in [-0.05, 0) is 120 Å². The molecule has 2 amide bonds. The van der Waals surface area contributed by atoms with Crippen molar-refractivity contribution < 1.29 is 61.2 Å². The van der Waals surface area contributed by atoms with Crippen LogP contribution in [0, 0.1) is 0 Å². The second-order valence-electron chi connectivity index (χ2n) is 16.0. The zero-order chi connectivity index (χ0) is 59.7. The van der Waals surface area contributed by atoms with Crippen molar-refractivity contribution in [3.63, 3.8) is 0 Å². The Morgan fingerprint density at radius 3 is 1.10 bits per heavy atom. The van der Waals surface area contributed by atoms with Crippen LogP contribution in [0.1, 0.15) is 32.1 Å². The molecule has 0 aliphatic rings. The van der Waals surface area contributed by atoms with Crippen molar-refractivity contribution in [3.05, 3.63) is 174 Å². The fourth-order valence-electron chi connectivity index (χ4n) is 6.86. The van der Waals surface area contributed by atoms with Crippen molar-refractivity contribution >= 4 is 147 Å². The van der Waals surface area contributed by atoms with Gasteiger partial charge in [0.15, 0.2) is 0 Å². The number of nitrogens with zero attached hydrogens (tertiary/aromatic N) is 4. The smallest absolute Gasteiger partial charge is 0.394 e. The van der Waals surface area contributed by atoms with E-state index in [1.54, 1.807) is 48.5 Å². The molecule has 6 aromatic carbocycles. The summed E-state index contributed by atoms with van der Waals surface area (Å²) in [6.07, 6.45) is 0. The van der Waals surface area contributed by atoms with Gasteiger partial charge in [-0.2, -0.15) is 35.2 Å². The third kappa shape index (κ3) is 17.8. The maximum atomic E-state index is 13.0. The van der Waals surface area contributed by atoms with E-state index in [0.29, 0.717) is 65.1 Å². The van der Waals surface area contributed by atoms with Crippen LogP contribution in [-0.4, -0.2) is 66.1 Å². The van der Waals surface area contributed by atoms with E-state index in [1.165, 1.54) is 48.5 Å². The summed E-state index contributed by atoms with van der Waals surface area (Å²) in [5.74, 6) is -0.425. The molecule has 12 N–H and O–H groups in total. The number of hydrogen-bond acceptors (Lipinski definition) is 18. The van der Waals surface area contributed by atoms with E-state index in [9.17, 15) is 34.2 Å². The number of nitrogens with two attached hydrogens (primary N) is 4. The van der Waals surface area contributed by atoms with Gasteiger partial charge < -0.3 is 43.0 Å². The monoisotopic (exact) mass is 1290 g/mol. The average molecular weight is 1290 g/mol. The van der Waals surface area contributed by atoms with Gasteiger partial charge in [-0.3, -0.25) is 18.7 Å². The highest BCUT2D eigenvalue weighted by Gasteiger charge is 2.20. The highest BCUT2D eigenvalue weighted by Crippen LogP contribution is 2.37. The molecule has 2 aromatic heterocycles. The maximum absolute atomic E-state index is 13.0. The summed E-state index contributed by atoms with van der Waals surface area (Å²) in [5.41, 5.74) is 27.6. The molecule has 0 spiro atoms. The molecular weight excluding hydrogens is 1260 g/mol. The maximum Gasteiger partial charge on any atom is 0.394 e. The lowest BCUT2D eigenvalue weighted by Gasteiger charge is -2.15. The number of nitrogens with one attached hydrogen (secondary N) is 2. The van der Waals surface area contributed by atoms with Crippen LogP contribution in [0.25, 0.3) is 22.3 Å². The van der Waals surface area contributed by atoms with Crippen LogP contribution >= 0.6 is 69.6 Å². The Hall–Kier alpha value is -7.41. The first kappa shape index (κ1) is 62.8. The molecule has 8 rings (SSSR count). The number of amides is 2. The first-order valence-corrected chi connectivity index (χ1v) is 28.3. The molecule has 33 heteroatoms. The molecule has 0 bridgehead atoms. The Labute approximate surface area is 489 Å². The van der Waals surface area contributed by atoms with E-state index in [2.05, 4.69) is 30.6 Å².